The van der Waals surface area contributed by atoms with Crippen LogP contribution in [0.1, 0.15) is 100 Å². The number of nitrogens with zero attached hydrogens (tertiary/aromatic N) is 1. The zero-order chi connectivity index (χ0) is 28.8. The summed E-state index contributed by atoms with van der Waals surface area (Å²) in [5, 5.41) is 25.5. The maximum atomic E-state index is 11.4. The summed E-state index contributed by atoms with van der Waals surface area (Å²) in [6.07, 6.45) is 3.67. The third-order valence-electron chi connectivity index (χ3n) is 4.54. The molecule has 224 valence electrons. The molecule has 0 amide bonds. The van der Waals surface area contributed by atoms with Gasteiger partial charge < -0.3 is 38.9 Å². The summed E-state index contributed by atoms with van der Waals surface area (Å²) in [4.78, 5) is 22.8. The second kappa shape index (κ2) is 29.5. The van der Waals surface area contributed by atoms with Crippen LogP contribution in [0.3, 0.4) is 0 Å². The Bertz CT molecular complexity index is 753. The first kappa shape index (κ1) is 50.4. The second-order valence-electron chi connectivity index (χ2n) is 10.4. The van der Waals surface area contributed by atoms with E-state index in [2.05, 4.69) is 24.2 Å². The summed E-state index contributed by atoms with van der Waals surface area (Å²) in [6, 6.07) is 0. The molecule has 9 heteroatoms. The van der Waals surface area contributed by atoms with Gasteiger partial charge in [0.25, 0.3) is 0 Å². The molecule has 0 heterocycles. The van der Waals surface area contributed by atoms with E-state index in [4.69, 9.17) is 21.3 Å². The Morgan fingerprint density at radius 2 is 1.28 bits per heavy atom. The van der Waals surface area contributed by atoms with Gasteiger partial charge in [0.1, 0.15) is 0 Å². The first-order chi connectivity index (χ1) is 16.6. The summed E-state index contributed by atoms with van der Waals surface area (Å²) in [6.45, 7) is 23.8. The fourth-order valence-corrected chi connectivity index (χ4v) is 2.35. The van der Waals surface area contributed by atoms with Crippen LogP contribution in [-0.2, 0) is 36.1 Å². The number of ether oxygens (including phenoxy) is 2. The van der Waals surface area contributed by atoms with Gasteiger partial charge in [0.2, 0.25) is 0 Å². The van der Waals surface area contributed by atoms with Crippen LogP contribution in [0.2, 0.25) is 0 Å². The van der Waals surface area contributed by atoms with E-state index in [1.54, 1.807) is 0 Å². The average Bonchev–Trinajstić information content (AvgIpc) is 2.79. The molecule has 0 bridgehead atoms. The Balaban J connectivity index is -0.000000122. The Hall–Kier alpha value is -1.45. The molecule has 0 rings (SSSR count). The Morgan fingerprint density at radius 3 is 1.62 bits per heavy atom. The molecule has 0 aromatic carbocycles. The molecule has 39 heavy (non-hydrogen) atoms. The molecule has 0 aliphatic carbocycles. The second-order valence-corrected chi connectivity index (χ2v) is 10.4. The zero-order valence-corrected chi connectivity index (χ0v) is 26.9. The van der Waals surface area contributed by atoms with Crippen molar-refractivity contribution >= 4 is 30.8 Å². The van der Waals surface area contributed by atoms with Crippen molar-refractivity contribution in [1.29, 1.82) is 5.26 Å². The number of hydrogen-bond acceptors (Lipinski definition) is 7. The van der Waals surface area contributed by atoms with E-state index < -0.39 is 23.0 Å². The van der Waals surface area contributed by atoms with E-state index >= 15 is 0 Å². The van der Waals surface area contributed by atoms with E-state index in [0.717, 1.165) is 12.0 Å². The molecule has 7 nitrogen and oxygen atoms in total. The van der Waals surface area contributed by atoms with Crippen LogP contribution in [0.25, 0.3) is 0 Å². The maximum absolute atomic E-state index is 11.4. The van der Waals surface area contributed by atoms with E-state index in [1.165, 1.54) is 0 Å². The number of hydrogen-bond donors (Lipinski definition) is 2. The molecule has 0 fully saturated rings. The molecule has 0 aromatic rings. The van der Waals surface area contributed by atoms with Crippen molar-refractivity contribution in [2.75, 3.05) is 13.2 Å². The molecule has 2 radical (unpaired) electrons. The van der Waals surface area contributed by atoms with Crippen LogP contribution in [0.15, 0.2) is 17.9 Å². The molecule has 2 N–H and O–H groups in total. The minimum atomic E-state index is -0.458. The SMILES string of the molecule is C=C=C(C)C[C@@H](O)CCCOC(=O)C(C)(C)C.CCC#CC[C@@H](O)CCCOC(=O)C(C)(C)C.[C-]#N.[CH3-].[Cu+2].[Li]. The van der Waals surface area contributed by atoms with Crippen LogP contribution < -0.4 is 0 Å². The molecule has 0 aliphatic heterocycles. The van der Waals surface area contributed by atoms with Gasteiger partial charge in [-0.2, -0.15) is 0 Å². The van der Waals surface area contributed by atoms with Crippen molar-refractivity contribution < 1.29 is 46.3 Å². The fraction of sp³-hybridized carbons (Fsp3) is 0.700. The first-order valence-corrected chi connectivity index (χ1v) is 12.4. The van der Waals surface area contributed by atoms with Gasteiger partial charge in [-0.15, -0.1) is 17.6 Å². The third kappa shape index (κ3) is 34.5. The van der Waals surface area contributed by atoms with Crippen molar-refractivity contribution in [2.24, 2.45) is 10.8 Å². The van der Waals surface area contributed by atoms with Gasteiger partial charge in [-0.05, 0) is 79.7 Å². The number of aliphatic hydroxyl groups excluding tert-OH is 2. The van der Waals surface area contributed by atoms with Gasteiger partial charge >= 0.3 is 29.0 Å². The summed E-state index contributed by atoms with van der Waals surface area (Å²) in [5.41, 5.74) is 2.78. The number of rotatable bonds is 11. The summed E-state index contributed by atoms with van der Waals surface area (Å²) in [5.74, 6) is 5.42. The first-order valence-electron chi connectivity index (χ1n) is 12.4. The standard InChI is InChI=1S/2C14H24O3.CN.CH3.Cu.Li/c1-6-11(2)10-12(15)8-7-9-17-13(16)14(3,4)5;1-5-6-7-9-12(15)10-8-11-17-13(16)14(2,3)4;1-2;;;/h12,15H,1,7-10H2,2-5H3;12,15H,5,8-11H2,1-4H3;;1H3;;/q;;2*-1;+2;/t2*12-;;;;/m01..../s1. The molecule has 0 spiro atoms. The molecule has 0 aromatic heterocycles. The van der Waals surface area contributed by atoms with E-state index in [9.17, 15) is 19.8 Å². The summed E-state index contributed by atoms with van der Waals surface area (Å²) >= 11 is 0. The molecule has 2 atom stereocenters. The zero-order valence-electron chi connectivity index (χ0n) is 26.0. The molecule has 0 unspecified atom stereocenters. The molecule has 0 saturated carbocycles. The maximum Gasteiger partial charge on any atom is 2.00 e. The molecule has 0 aliphatic rings. The van der Waals surface area contributed by atoms with Crippen molar-refractivity contribution in [3.05, 3.63) is 31.9 Å². The van der Waals surface area contributed by atoms with Crippen molar-refractivity contribution in [3.8, 4) is 11.8 Å². The Morgan fingerprint density at radius 1 is 0.897 bits per heavy atom. The third-order valence-corrected chi connectivity index (χ3v) is 4.54. The number of carbonyl (C=O) groups is 2. The summed E-state index contributed by atoms with van der Waals surface area (Å²) in [7, 11) is 0. The van der Waals surface area contributed by atoms with E-state index in [0.29, 0.717) is 51.7 Å². The van der Waals surface area contributed by atoms with Crippen LogP contribution in [-0.4, -0.2) is 66.4 Å². The Labute approximate surface area is 261 Å². The monoisotopic (exact) mass is 591 g/mol. The largest absolute Gasteiger partial charge is 2.00 e. The topological polar surface area (TPSA) is 117 Å². The van der Waals surface area contributed by atoms with Crippen LogP contribution >= 0.6 is 0 Å². The quantitative estimate of drug-likeness (QED) is 0.0811. The van der Waals surface area contributed by atoms with Crippen molar-refractivity contribution in [2.45, 2.75) is 113 Å². The van der Waals surface area contributed by atoms with E-state index in [1.807, 2.05) is 55.4 Å². The van der Waals surface area contributed by atoms with Gasteiger partial charge in [-0.3, -0.25) is 9.59 Å². The number of aliphatic hydroxyl groups is 2. The summed E-state index contributed by atoms with van der Waals surface area (Å²) < 4.78 is 10.2. The van der Waals surface area contributed by atoms with Crippen molar-refractivity contribution in [1.82, 2.24) is 0 Å². The van der Waals surface area contributed by atoms with Crippen LogP contribution in [0.5, 0.6) is 0 Å². The fourth-order valence-electron chi connectivity index (χ4n) is 2.35. The number of esters is 2. The minimum Gasteiger partial charge on any atom is -0.512 e. The Kier molecular flexibility index (Phi) is 38.2. The van der Waals surface area contributed by atoms with Crippen LogP contribution in [0.4, 0.5) is 0 Å². The van der Waals surface area contributed by atoms with Gasteiger partial charge in [-0.1, -0.05) is 13.5 Å². The van der Waals surface area contributed by atoms with Gasteiger partial charge in [0.05, 0.1) is 36.3 Å². The van der Waals surface area contributed by atoms with E-state index in [-0.39, 0.29) is 55.3 Å². The normalized spacial score (nSPS) is 11.1. The van der Waals surface area contributed by atoms with Gasteiger partial charge in [0, 0.05) is 38.1 Å². The molecular formula is C30H51CuLiNO6. The molecular weight excluding hydrogens is 541 g/mol. The predicted octanol–water partition coefficient (Wildman–Crippen LogP) is 5.52. The van der Waals surface area contributed by atoms with Crippen molar-refractivity contribution in [3.63, 3.8) is 0 Å². The van der Waals surface area contributed by atoms with Gasteiger partial charge in [0.15, 0.2) is 0 Å². The smallest absolute Gasteiger partial charge is 0.512 e. The van der Waals surface area contributed by atoms with Gasteiger partial charge in [-0.25, -0.2) is 0 Å². The molecule has 0 saturated heterocycles. The number of carbonyl (C=O) groups excluding carboxylic acids is 2. The average molecular weight is 592 g/mol. The minimum absolute atomic E-state index is 0. The van der Waals surface area contributed by atoms with Crippen LogP contribution in [0, 0.1) is 41.9 Å². The predicted molar refractivity (Wildman–Crippen MR) is 154 cm³/mol.